The van der Waals surface area contributed by atoms with Crippen LogP contribution in [-0.4, -0.2) is 55.9 Å². The van der Waals surface area contributed by atoms with E-state index in [1.165, 1.54) is 6.07 Å². The molecule has 0 atom stereocenters. The van der Waals surface area contributed by atoms with Crippen LogP contribution in [0.1, 0.15) is 0 Å². The van der Waals surface area contributed by atoms with Crippen molar-refractivity contribution in [1.82, 2.24) is 19.7 Å². The fourth-order valence-corrected chi connectivity index (χ4v) is 6.20. The van der Waals surface area contributed by atoms with Gasteiger partial charge in [-0.2, -0.15) is 5.10 Å². The van der Waals surface area contributed by atoms with E-state index in [0.717, 1.165) is 40.1 Å². The van der Waals surface area contributed by atoms with Crippen LogP contribution in [0, 0.1) is 11.6 Å². The lowest BCUT2D eigenvalue weighted by Gasteiger charge is -2.17. The zero-order chi connectivity index (χ0) is 30.8. The summed E-state index contributed by atoms with van der Waals surface area (Å²) in [5.41, 5.74) is 3.81. The van der Waals surface area contributed by atoms with Crippen LogP contribution in [0.2, 0.25) is 51.4 Å². The van der Waals surface area contributed by atoms with E-state index >= 15 is 4.39 Å². The molecule has 7 nitrogen and oxygen atoms in total. The number of rotatable bonds is 13. The average Bonchev–Trinajstić information content (AvgIpc) is 3.50. The van der Waals surface area contributed by atoms with Crippen LogP contribution >= 0.6 is 0 Å². The van der Waals surface area contributed by atoms with Gasteiger partial charge in [0.25, 0.3) is 0 Å². The number of ether oxygens (including phenoxy) is 3. The zero-order valence-corrected chi connectivity index (χ0v) is 27.8. The third-order valence-electron chi connectivity index (χ3n) is 7.18. The van der Waals surface area contributed by atoms with Crippen molar-refractivity contribution in [1.29, 1.82) is 0 Å². The number of H-pyrrole nitrogens is 1. The first-order valence-electron chi connectivity index (χ1n) is 14.6. The van der Waals surface area contributed by atoms with Gasteiger partial charge in [0.1, 0.15) is 29.8 Å². The second-order valence-corrected chi connectivity index (χ2v) is 24.5. The summed E-state index contributed by atoms with van der Waals surface area (Å²) < 4.78 is 49.0. The highest BCUT2D eigenvalue weighted by atomic mass is 28.3. The van der Waals surface area contributed by atoms with E-state index in [4.69, 9.17) is 24.3 Å². The molecule has 0 saturated heterocycles. The molecule has 11 heteroatoms. The van der Waals surface area contributed by atoms with Gasteiger partial charge in [-0.05, 0) is 41.9 Å². The lowest BCUT2D eigenvalue weighted by atomic mass is 10.0. The molecular formula is C32H40F2N4O3Si2. The molecule has 0 saturated carbocycles. The Balaban J connectivity index is 1.51. The Labute approximate surface area is 253 Å². The molecule has 0 bridgehead atoms. The number of nitrogens with zero attached hydrogens (tertiary/aromatic N) is 3. The van der Waals surface area contributed by atoms with E-state index in [1.807, 2.05) is 36.4 Å². The van der Waals surface area contributed by atoms with Crippen LogP contribution in [-0.2, 0) is 16.2 Å². The van der Waals surface area contributed by atoms with Crippen LogP contribution in [0.4, 0.5) is 8.78 Å². The molecule has 3 aromatic carbocycles. The van der Waals surface area contributed by atoms with Crippen LogP contribution in [0.15, 0.2) is 54.6 Å². The number of fused-ring (bicyclic) bond motifs is 2. The van der Waals surface area contributed by atoms with E-state index in [9.17, 15) is 4.39 Å². The van der Waals surface area contributed by atoms with Crippen molar-refractivity contribution in [3.05, 3.63) is 66.2 Å². The molecule has 2 aromatic heterocycles. The van der Waals surface area contributed by atoms with Crippen molar-refractivity contribution in [3.63, 3.8) is 0 Å². The lowest BCUT2D eigenvalue weighted by Crippen LogP contribution is -2.22. The fourth-order valence-electron chi connectivity index (χ4n) is 4.69. The van der Waals surface area contributed by atoms with Crippen molar-refractivity contribution in [2.75, 3.05) is 20.0 Å². The van der Waals surface area contributed by atoms with Gasteiger partial charge in [-0.3, -0.25) is 0 Å². The minimum Gasteiger partial charge on any atom is -0.467 e. The Morgan fingerprint density at radius 2 is 1.58 bits per heavy atom. The van der Waals surface area contributed by atoms with Crippen molar-refractivity contribution < 1.29 is 23.0 Å². The van der Waals surface area contributed by atoms with E-state index < -0.39 is 27.8 Å². The molecule has 2 heterocycles. The van der Waals surface area contributed by atoms with Crippen LogP contribution < -0.4 is 4.74 Å². The normalized spacial score (nSPS) is 12.5. The van der Waals surface area contributed by atoms with E-state index in [-0.39, 0.29) is 24.8 Å². The van der Waals surface area contributed by atoms with Gasteiger partial charge in [0.15, 0.2) is 12.6 Å². The molecule has 1 N–H and O–H groups in total. The van der Waals surface area contributed by atoms with Gasteiger partial charge in [-0.25, -0.2) is 18.4 Å². The Kier molecular flexibility index (Phi) is 9.16. The highest BCUT2D eigenvalue weighted by Crippen LogP contribution is 2.37. The molecule has 0 fully saturated rings. The van der Waals surface area contributed by atoms with Crippen molar-refractivity contribution in [2.45, 2.75) is 58.1 Å². The number of imidazole rings is 1. The summed E-state index contributed by atoms with van der Waals surface area (Å²) in [5, 5.41) is 5.64. The third-order valence-corrected chi connectivity index (χ3v) is 10.6. The number of nitrogens with one attached hydrogen (secondary N) is 1. The molecule has 0 unspecified atom stereocenters. The highest BCUT2D eigenvalue weighted by molar-refractivity contribution is 6.76. The SMILES string of the molecule is C[Si](C)(C)CCOCOc1cc(F)cc(F)c1-c1ccc2c(c1)c(-c1nc3ccccc3[nH]1)nn2COCC[Si](C)(C)C. The summed E-state index contributed by atoms with van der Waals surface area (Å²) in [6, 6.07) is 17.4. The summed E-state index contributed by atoms with van der Waals surface area (Å²) in [6.07, 6.45) is 0. The number of halogens is 2. The summed E-state index contributed by atoms with van der Waals surface area (Å²) in [4.78, 5) is 8.13. The Morgan fingerprint density at radius 1 is 0.860 bits per heavy atom. The maximum atomic E-state index is 15.4. The van der Waals surface area contributed by atoms with Crippen molar-refractivity contribution in [2.24, 2.45) is 0 Å². The van der Waals surface area contributed by atoms with Gasteiger partial charge >= 0.3 is 0 Å². The van der Waals surface area contributed by atoms with Gasteiger partial charge in [-0.15, -0.1) is 0 Å². The molecule has 0 radical (unpaired) electrons. The predicted molar refractivity (Wildman–Crippen MR) is 174 cm³/mol. The van der Waals surface area contributed by atoms with E-state index in [0.29, 0.717) is 30.3 Å². The summed E-state index contributed by atoms with van der Waals surface area (Å²) in [5.74, 6) is -0.761. The number of benzene rings is 3. The van der Waals surface area contributed by atoms with Gasteiger partial charge in [0.05, 0.1) is 22.1 Å². The monoisotopic (exact) mass is 622 g/mol. The molecule has 0 spiro atoms. The first kappa shape index (κ1) is 31.1. The van der Waals surface area contributed by atoms with Crippen molar-refractivity contribution >= 4 is 38.1 Å². The maximum absolute atomic E-state index is 15.4. The molecule has 0 aliphatic heterocycles. The summed E-state index contributed by atoms with van der Waals surface area (Å²) in [7, 11) is -2.53. The smallest absolute Gasteiger partial charge is 0.189 e. The Bertz CT molecular complexity index is 1690. The minimum absolute atomic E-state index is 0.0808. The van der Waals surface area contributed by atoms with Gasteiger partial charge in [-0.1, -0.05) is 57.5 Å². The second kappa shape index (κ2) is 12.7. The van der Waals surface area contributed by atoms with E-state index in [2.05, 4.69) is 44.3 Å². The topological polar surface area (TPSA) is 74.2 Å². The largest absolute Gasteiger partial charge is 0.467 e. The quantitative estimate of drug-likeness (QED) is 0.0809. The molecule has 0 aliphatic carbocycles. The number of aromatic nitrogens is 4. The van der Waals surface area contributed by atoms with E-state index in [1.54, 1.807) is 10.7 Å². The summed E-state index contributed by atoms with van der Waals surface area (Å²) >= 11 is 0. The lowest BCUT2D eigenvalue weighted by molar-refractivity contribution is 0.0221. The van der Waals surface area contributed by atoms with Crippen molar-refractivity contribution in [3.8, 4) is 28.4 Å². The Morgan fingerprint density at radius 3 is 2.30 bits per heavy atom. The molecule has 0 aliphatic rings. The highest BCUT2D eigenvalue weighted by Gasteiger charge is 2.21. The number of para-hydroxylation sites is 2. The molecule has 5 rings (SSSR count). The first-order chi connectivity index (χ1) is 20.4. The van der Waals surface area contributed by atoms with Gasteiger partial charge < -0.3 is 19.2 Å². The molecule has 5 aromatic rings. The zero-order valence-electron chi connectivity index (χ0n) is 25.8. The van der Waals surface area contributed by atoms with Gasteiger partial charge in [0.2, 0.25) is 0 Å². The predicted octanol–water partition coefficient (Wildman–Crippen LogP) is 8.53. The second-order valence-electron chi connectivity index (χ2n) is 13.3. The molecule has 0 amide bonds. The maximum Gasteiger partial charge on any atom is 0.189 e. The molecule has 43 heavy (non-hydrogen) atoms. The fraction of sp³-hybridized carbons (Fsp3) is 0.375. The number of hydrogen-bond donors (Lipinski definition) is 1. The first-order valence-corrected chi connectivity index (χ1v) is 22.0. The number of aromatic amines is 1. The van der Waals surface area contributed by atoms with Crippen LogP contribution in [0.5, 0.6) is 5.75 Å². The standard InChI is InChI=1S/C32H40F2N4O3Si2/c1-42(2,3)15-13-39-20-38-28-12-11-22(17-24(28)31(37-38)32-35-26-9-7-8-10-27(26)36-32)30-25(34)18-23(33)19-29(30)41-21-40-14-16-43(4,5)6/h7-12,17-19H,13-16,20-21H2,1-6H3,(H,35,36). The molecular weight excluding hydrogens is 583 g/mol. The molecule has 228 valence electrons. The average molecular weight is 623 g/mol. The minimum atomic E-state index is -1.28. The Hall–Kier alpha value is -3.39. The van der Waals surface area contributed by atoms with Crippen LogP contribution in [0.3, 0.4) is 0 Å². The summed E-state index contributed by atoms with van der Waals surface area (Å²) in [6.45, 7) is 15.1. The van der Waals surface area contributed by atoms with Gasteiger partial charge in [0, 0.05) is 46.9 Å². The number of hydrogen-bond acceptors (Lipinski definition) is 5. The third kappa shape index (κ3) is 7.77. The van der Waals surface area contributed by atoms with Crippen LogP contribution in [0.25, 0.3) is 44.6 Å².